The zero-order valence-corrected chi connectivity index (χ0v) is 12.9. The lowest BCUT2D eigenvalue weighted by Crippen LogP contribution is -2.17. The van der Waals surface area contributed by atoms with Crippen LogP contribution in [0.5, 0.6) is 0 Å². The second-order valence-corrected chi connectivity index (χ2v) is 5.40. The maximum absolute atomic E-state index is 11.2. The van der Waals surface area contributed by atoms with Crippen LogP contribution in [0.4, 0.5) is 11.4 Å². The first kappa shape index (κ1) is 15.6. The summed E-state index contributed by atoms with van der Waals surface area (Å²) >= 11 is 11.6. The van der Waals surface area contributed by atoms with Crippen LogP contribution in [-0.4, -0.2) is 12.0 Å². The zero-order chi connectivity index (χ0) is 15.4. The van der Waals surface area contributed by atoms with E-state index in [9.17, 15) is 10.1 Å². The standard InChI is InChI=1S/C15H14Cl2N2O2/c1-18(10-11-2-5-13(17)6-3-11)14-7-4-12(9-16)8-15(14)19(20)21/h2-8H,9-10H2,1H3. The summed E-state index contributed by atoms with van der Waals surface area (Å²) in [5.41, 5.74) is 2.37. The molecule has 2 aromatic carbocycles. The van der Waals surface area contributed by atoms with Crippen molar-refractivity contribution in [3.05, 3.63) is 68.7 Å². The SMILES string of the molecule is CN(Cc1ccc(Cl)cc1)c1ccc(CCl)cc1[N+](=O)[O-]. The average Bonchev–Trinajstić information content (AvgIpc) is 2.48. The molecule has 21 heavy (non-hydrogen) atoms. The van der Waals surface area contributed by atoms with Crippen molar-refractivity contribution in [3.63, 3.8) is 0 Å². The number of benzene rings is 2. The van der Waals surface area contributed by atoms with Gasteiger partial charge in [-0.1, -0.05) is 29.8 Å². The average molecular weight is 325 g/mol. The van der Waals surface area contributed by atoms with Gasteiger partial charge in [0.25, 0.3) is 5.69 Å². The van der Waals surface area contributed by atoms with Crippen molar-refractivity contribution in [2.45, 2.75) is 12.4 Å². The van der Waals surface area contributed by atoms with Gasteiger partial charge in [0.2, 0.25) is 0 Å². The molecule has 2 rings (SSSR count). The van der Waals surface area contributed by atoms with Crippen molar-refractivity contribution in [2.24, 2.45) is 0 Å². The van der Waals surface area contributed by atoms with Gasteiger partial charge in [-0.3, -0.25) is 10.1 Å². The summed E-state index contributed by atoms with van der Waals surface area (Å²) in [6, 6.07) is 12.4. The first-order valence-electron chi connectivity index (χ1n) is 6.30. The Labute approximate surface area is 133 Å². The molecule has 0 unspecified atom stereocenters. The number of nitrogens with zero attached hydrogens (tertiary/aromatic N) is 2. The molecule has 4 nitrogen and oxygen atoms in total. The van der Waals surface area contributed by atoms with Crippen molar-refractivity contribution >= 4 is 34.6 Å². The van der Waals surface area contributed by atoms with E-state index in [1.807, 2.05) is 24.1 Å². The number of hydrogen-bond acceptors (Lipinski definition) is 3. The highest BCUT2D eigenvalue weighted by molar-refractivity contribution is 6.30. The first-order chi connectivity index (χ1) is 10.0. The topological polar surface area (TPSA) is 46.4 Å². The van der Waals surface area contributed by atoms with Crippen LogP contribution in [0.25, 0.3) is 0 Å². The molecule has 0 saturated carbocycles. The number of alkyl halides is 1. The monoisotopic (exact) mass is 324 g/mol. The highest BCUT2D eigenvalue weighted by atomic mass is 35.5. The summed E-state index contributed by atoms with van der Waals surface area (Å²) in [5.74, 6) is 0.252. The van der Waals surface area contributed by atoms with Gasteiger partial charge in [0.05, 0.1) is 4.92 Å². The van der Waals surface area contributed by atoms with Crippen LogP contribution >= 0.6 is 23.2 Å². The van der Waals surface area contributed by atoms with Gasteiger partial charge < -0.3 is 4.90 Å². The first-order valence-corrected chi connectivity index (χ1v) is 7.21. The van der Waals surface area contributed by atoms with Gasteiger partial charge in [0.1, 0.15) is 5.69 Å². The van der Waals surface area contributed by atoms with Gasteiger partial charge in [-0.05, 0) is 29.3 Å². The normalized spacial score (nSPS) is 10.4. The van der Waals surface area contributed by atoms with Gasteiger partial charge in [0, 0.05) is 30.6 Å². The van der Waals surface area contributed by atoms with E-state index in [0.717, 1.165) is 11.1 Å². The van der Waals surface area contributed by atoms with Gasteiger partial charge in [-0.25, -0.2) is 0 Å². The van der Waals surface area contributed by atoms with Gasteiger partial charge >= 0.3 is 0 Å². The van der Waals surface area contributed by atoms with Crippen LogP contribution in [0, 0.1) is 10.1 Å². The van der Waals surface area contributed by atoms with Crippen LogP contribution in [0.3, 0.4) is 0 Å². The van der Waals surface area contributed by atoms with E-state index >= 15 is 0 Å². The van der Waals surface area contributed by atoms with E-state index in [0.29, 0.717) is 17.3 Å². The van der Waals surface area contributed by atoms with Gasteiger partial charge in [-0.15, -0.1) is 11.6 Å². The zero-order valence-electron chi connectivity index (χ0n) is 11.4. The molecule has 0 fully saturated rings. The highest BCUT2D eigenvalue weighted by Gasteiger charge is 2.17. The van der Waals surface area contributed by atoms with E-state index < -0.39 is 0 Å². The lowest BCUT2D eigenvalue weighted by molar-refractivity contribution is -0.384. The second kappa shape index (κ2) is 6.78. The largest absolute Gasteiger partial charge is 0.365 e. The van der Waals surface area contributed by atoms with E-state index in [-0.39, 0.29) is 16.5 Å². The van der Waals surface area contributed by atoms with Crippen molar-refractivity contribution in [3.8, 4) is 0 Å². The lowest BCUT2D eigenvalue weighted by atomic mass is 10.1. The molecule has 0 bridgehead atoms. The highest BCUT2D eigenvalue weighted by Crippen LogP contribution is 2.30. The molecule has 0 spiro atoms. The molecule has 0 saturated heterocycles. The van der Waals surface area contributed by atoms with Crippen LogP contribution in [0.15, 0.2) is 42.5 Å². The number of rotatable bonds is 5. The van der Waals surface area contributed by atoms with E-state index in [1.165, 1.54) is 6.07 Å². The molecule has 0 N–H and O–H groups in total. The Morgan fingerprint density at radius 3 is 2.33 bits per heavy atom. The minimum atomic E-state index is -0.385. The molecule has 0 aliphatic heterocycles. The Morgan fingerprint density at radius 2 is 1.76 bits per heavy atom. The predicted molar refractivity (Wildman–Crippen MR) is 86.2 cm³/mol. The molecular weight excluding hydrogens is 311 g/mol. The minimum absolute atomic E-state index is 0.0598. The van der Waals surface area contributed by atoms with Gasteiger partial charge in [-0.2, -0.15) is 0 Å². The van der Waals surface area contributed by atoms with E-state index in [4.69, 9.17) is 23.2 Å². The Morgan fingerprint density at radius 1 is 1.14 bits per heavy atom. The number of nitro benzene ring substituents is 1. The molecular formula is C15H14Cl2N2O2. The molecule has 0 amide bonds. The lowest BCUT2D eigenvalue weighted by Gasteiger charge is -2.19. The second-order valence-electron chi connectivity index (χ2n) is 4.70. The molecule has 0 aliphatic carbocycles. The summed E-state index contributed by atoms with van der Waals surface area (Å²) in [4.78, 5) is 12.7. The third-order valence-electron chi connectivity index (χ3n) is 3.14. The minimum Gasteiger partial charge on any atom is -0.365 e. The quantitative estimate of drug-likeness (QED) is 0.458. The smallest absolute Gasteiger partial charge is 0.292 e. The number of halogens is 2. The molecule has 6 heteroatoms. The van der Waals surface area contributed by atoms with E-state index in [2.05, 4.69) is 0 Å². The fourth-order valence-corrected chi connectivity index (χ4v) is 2.36. The van der Waals surface area contributed by atoms with Crippen LogP contribution < -0.4 is 4.90 Å². The molecule has 0 aromatic heterocycles. The maximum atomic E-state index is 11.2. The molecule has 2 aromatic rings. The third-order valence-corrected chi connectivity index (χ3v) is 3.70. The number of hydrogen-bond donors (Lipinski definition) is 0. The number of nitro groups is 1. The summed E-state index contributed by atoms with van der Waals surface area (Å²) in [5, 5.41) is 11.9. The Balaban J connectivity index is 2.27. The van der Waals surface area contributed by atoms with Crippen LogP contribution in [0.2, 0.25) is 5.02 Å². The van der Waals surface area contributed by atoms with Crippen LogP contribution in [0.1, 0.15) is 11.1 Å². The van der Waals surface area contributed by atoms with Crippen molar-refractivity contribution in [2.75, 3.05) is 11.9 Å². The molecule has 110 valence electrons. The van der Waals surface area contributed by atoms with Crippen LogP contribution in [-0.2, 0) is 12.4 Å². The van der Waals surface area contributed by atoms with Crippen molar-refractivity contribution in [1.82, 2.24) is 0 Å². The van der Waals surface area contributed by atoms with E-state index in [1.54, 1.807) is 24.3 Å². The van der Waals surface area contributed by atoms with Crippen molar-refractivity contribution < 1.29 is 4.92 Å². The fraction of sp³-hybridized carbons (Fsp3) is 0.200. The van der Waals surface area contributed by atoms with Gasteiger partial charge in [0.15, 0.2) is 0 Å². The number of anilines is 1. The molecule has 0 aliphatic rings. The summed E-state index contributed by atoms with van der Waals surface area (Å²) < 4.78 is 0. The van der Waals surface area contributed by atoms with Crippen molar-refractivity contribution in [1.29, 1.82) is 0 Å². The molecule has 0 heterocycles. The Kier molecular flexibility index (Phi) is 5.04. The fourth-order valence-electron chi connectivity index (χ4n) is 2.07. The summed E-state index contributed by atoms with van der Waals surface area (Å²) in [7, 11) is 1.82. The molecule has 0 atom stereocenters. The Hall–Kier alpha value is -1.78. The molecule has 0 radical (unpaired) electrons. The third kappa shape index (κ3) is 3.86. The Bertz CT molecular complexity index is 645. The maximum Gasteiger partial charge on any atom is 0.292 e. The summed E-state index contributed by atoms with van der Waals surface area (Å²) in [6.45, 7) is 0.554. The predicted octanol–water partition coefficient (Wildman–Crippen LogP) is 4.62. The summed E-state index contributed by atoms with van der Waals surface area (Å²) in [6.07, 6.45) is 0.